The molecule has 0 fully saturated rings. The topological polar surface area (TPSA) is 21.3 Å². The van der Waals surface area contributed by atoms with Crippen molar-refractivity contribution >= 4 is 11.4 Å². The van der Waals surface area contributed by atoms with Gasteiger partial charge in [0.25, 0.3) is 0 Å². The fourth-order valence-corrected chi connectivity index (χ4v) is 3.24. The van der Waals surface area contributed by atoms with Crippen molar-refractivity contribution in [2.45, 2.75) is 19.9 Å². The van der Waals surface area contributed by atoms with Crippen molar-refractivity contribution in [3.8, 4) is 5.75 Å². The van der Waals surface area contributed by atoms with Crippen LogP contribution in [0.15, 0.2) is 78.9 Å². The molecule has 2 heteroatoms. The standard InChI is InChI=1S/C23H21NO/c1-16-12-13-20(17(2)14-16)24-21-15-23(18-8-4-3-5-9-18)25-22-11-7-6-10-19(21)22/h3-15,21,24H,1-2H3/t21-/m1/s1. The predicted octanol–water partition coefficient (Wildman–Crippen LogP) is 5.89. The monoisotopic (exact) mass is 327 g/mol. The van der Waals surface area contributed by atoms with Crippen molar-refractivity contribution in [3.05, 3.63) is 101 Å². The van der Waals surface area contributed by atoms with Gasteiger partial charge >= 0.3 is 0 Å². The molecule has 0 amide bonds. The molecule has 4 rings (SSSR count). The smallest absolute Gasteiger partial charge is 0.133 e. The zero-order valence-electron chi connectivity index (χ0n) is 14.5. The summed E-state index contributed by atoms with van der Waals surface area (Å²) in [4.78, 5) is 0. The van der Waals surface area contributed by atoms with Crippen LogP contribution in [0.4, 0.5) is 5.69 Å². The molecule has 25 heavy (non-hydrogen) atoms. The largest absolute Gasteiger partial charge is 0.457 e. The van der Waals surface area contributed by atoms with Gasteiger partial charge in [-0.1, -0.05) is 66.2 Å². The average molecular weight is 327 g/mol. The first-order valence-electron chi connectivity index (χ1n) is 8.58. The fourth-order valence-electron chi connectivity index (χ4n) is 3.24. The lowest BCUT2D eigenvalue weighted by Crippen LogP contribution is -2.16. The van der Waals surface area contributed by atoms with Gasteiger partial charge < -0.3 is 10.1 Å². The Bertz CT molecular complexity index is 928. The highest BCUT2D eigenvalue weighted by atomic mass is 16.5. The molecule has 0 aromatic heterocycles. The minimum Gasteiger partial charge on any atom is -0.457 e. The second kappa shape index (κ2) is 6.48. The fraction of sp³-hybridized carbons (Fsp3) is 0.130. The summed E-state index contributed by atoms with van der Waals surface area (Å²) in [7, 11) is 0. The number of fused-ring (bicyclic) bond motifs is 1. The first-order chi connectivity index (χ1) is 12.2. The van der Waals surface area contributed by atoms with Crippen LogP contribution in [0, 0.1) is 13.8 Å². The van der Waals surface area contributed by atoms with Gasteiger partial charge in [0.2, 0.25) is 0 Å². The summed E-state index contributed by atoms with van der Waals surface area (Å²) in [6.45, 7) is 4.26. The van der Waals surface area contributed by atoms with Gasteiger partial charge in [-0.05, 0) is 37.6 Å². The zero-order chi connectivity index (χ0) is 17.2. The van der Waals surface area contributed by atoms with Gasteiger partial charge in [0.05, 0.1) is 6.04 Å². The quantitative estimate of drug-likeness (QED) is 0.647. The van der Waals surface area contributed by atoms with Crippen LogP contribution in [0.3, 0.4) is 0 Å². The molecule has 1 aliphatic heterocycles. The van der Waals surface area contributed by atoms with E-state index in [2.05, 4.69) is 67.7 Å². The SMILES string of the molecule is Cc1ccc(N[C@@H]2C=C(c3ccccc3)Oc3ccccc32)c(C)c1. The molecule has 0 unspecified atom stereocenters. The Labute approximate surface area is 148 Å². The van der Waals surface area contributed by atoms with Gasteiger partial charge in [-0.2, -0.15) is 0 Å². The van der Waals surface area contributed by atoms with E-state index in [1.54, 1.807) is 0 Å². The van der Waals surface area contributed by atoms with Gasteiger partial charge in [-0.25, -0.2) is 0 Å². The highest BCUT2D eigenvalue weighted by molar-refractivity contribution is 5.68. The lowest BCUT2D eigenvalue weighted by Gasteiger charge is -2.27. The van der Waals surface area contributed by atoms with E-state index in [1.165, 1.54) is 11.1 Å². The van der Waals surface area contributed by atoms with Crippen LogP contribution in [0.2, 0.25) is 0 Å². The van der Waals surface area contributed by atoms with Crippen LogP contribution in [0.25, 0.3) is 5.76 Å². The molecular formula is C23H21NO. The molecule has 0 bridgehead atoms. The van der Waals surface area contributed by atoms with E-state index in [-0.39, 0.29) is 6.04 Å². The molecule has 2 nitrogen and oxygen atoms in total. The number of hydrogen-bond donors (Lipinski definition) is 1. The van der Waals surface area contributed by atoms with Crippen LogP contribution in [-0.2, 0) is 0 Å². The summed E-state index contributed by atoms with van der Waals surface area (Å²) in [6, 6.07) is 25.0. The molecule has 1 heterocycles. The van der Waals surface area contributed by atoms with Gasteiger partial charge in [0.15, 0.2) is 0 Å². The van der Waals surface area contributed by atoms with Crippen LogP contribution >= 0.6 is 0 Å². The van der Waals surface area contributed by atoms with Crippen molar-refractivity contribution in [2.75, 3.05) is 5.32 Å². The van der Waals surface area contributed by atoms with E-state index in [0.717, 1.165) is 28.3 Å². The molecule has 0 saturated carbocycles. The van der Waals surface area contributed by atoms with Gasteiger partial charge in [-0.15, -0.1) is 0 Å². The Balaban J connectivity index is 1.74. The van der Waals surface area contributed by atoms with Gasteiger partial charge in [0.1, 0.15) is 11.5 Å². The summed E-state index contributed by atoms with van der Waals surface area (Å²) in [5.41, 5.74) is 5.91. The Morgan fingerprint density at radius 3 is 2.40 bits per heavy atom. The summed E-state index contributed by atoms with van der Waals surface area (Å²) in [5.74, 6) is 1.80. The summed E-state index contributed by atoms with van der Waals surface area (Å²) in [5, 5.41) is 3.68. The van der Waals surface area contributed by atoms with Crippen molar-refractivity contribution in [2.24, 2.45) is 0 Å². The Morgan fingerprint density at radius 1 is 0.840 bits per heavy atom. The summed E-state index contributed by atoms with van der Waals surface area (Å²) in [6.07, 6.45) is 2.16. The molecule has 124 valence electrons. The second-order valence-electron chi connectivity index (χ2n) is 6.48. The number of aryl methyl sites for hydroxylation is 2. The van der Waals surface area contributed by atoms with Crippen molar-refractivity contribution < 1.29 is 4.74 Å². The minimum atomic E-state index is 0.0709. The molecule has 0 radical (unpaired) electrons. The minimum absolute atomic E-state index is 0.0709. The summed E-state index contributed by atoms with van der Waals surface area (Å²) < 4.78 is 6.16. The maximum Gasteiger partial charge on any atom is 0.133 e. The Hall–Kier alpha value is -3.00. The van der Waals surface area contributed by atoms with E-state index < -0.39 is 0 Å². The third kappa shape index (κ3) is 3.16. The molecule has 0 saturated heterocycles. The number of rotatable bonds is 3. The molecular weight excluding hydrogens is 306 g/mol. The van der Waals surface area contributed by atoms with E-state index in [9.17, 15) is 0 Å². The molecule has 3 aromatic rings. The molecule has 1 N–H and O–H groups in total. The van der Waals surface area contributed by atoms with Crippen LogP contribution < -0.4 is 10.1 Å². The van der Waals surface area contributed by atoms with E-state index in [1.807, 2.05) is 30.3 Å². The first kappa shape index (κ1) is 15.5. The molecule has 1 aliphatic rings. The predicted molar refractivity (Wildman–Crippen MR) is 104 cm³/mol. The Morgan fingerprint density at radius 2 is 1.60 bits per heavy atom. The molecule has 0 aliphatic carbocycles. The lowest BCUT2D eigenvalue weighted by atomic mass is 9.99. The molecule has 0 spiro atoms. The maximum atomic E-state index is 6.16. The lowest BCUT2D eigenvalue weighted by molar-refractivity contribution is 0.491. The van der Waals surface area contributed by atoms with Crippen LogP contribution in [0.5, 0.6) is 5.75 Å². The number of ether oxygens (including phenoxy) is 1. The normalized spacial score (nSPS) is 15.8. The van der Waals surface area contributed by atoms with Crippen LogP contribution in [0.1, 0.15) is 28.3 Å². The number of para-hydroxylation sites is 1. The zero-order valence-corrected chi connectivity index (χ0v) is 14.5. The Kier molecular flexibility index (Phi) is 4.02. The van der Waals surface area contributed by atoms with E-state index in [0.29, 0.717) is 0 Å². The third-order valence-corrected chi connectivity index (χ3v) is 4.54. The highest BCUT2D eigenvalue weighted by Gasteiger charge is 2.22. The average Bonchev–Trinajstić information content (AvgIpc) is 2.64. The number of nitrogens with one attached hydrogen (secondary N) is 1. The van der Waals surface area contributed by atoms with Crippen molar-refractivity contribution in [1.29, 1.82) is 0 Å². The molecule has 1 atom stereocenters. The van der Waals surface area contributed by atoms with Crippen LogP contribution in [-0.4, -0.2) is 0 Å². The van der Waals surface area contributed by atoms with E-state index in [4.69, 9.17) is 4.74 Å². The van der Waals surface area contributed by atoms with Crippen molar-refractivity contribution in [1.82, 2.24) is 0 Å². The second-order valence-corrected chi connectivity index (χ2v) is 6.48. The first-order valence-corrected chi connectivity index (χ1v) is 8.58. The third-order valence-electron chi connectivity index (χ3n) is 4.54. The number of benzene rings is 3. The number of anilines is 1. The van der Waals surface area contributed by atoms with Gasteiger partial charge in [0, 0.05) is 16.8 Å². The maximum absolute atomic E-state index is 6.16. The van der Waals surface area contributed by atoms with Gasteiger partial charge in [-0.3, -0.25) is 0 Å². The van der Waals surface area contributed by atoms with E-state index >= 15 is 0 Å². The number of hydrogen-bond acceptors (Lipinski definition) is 2. The van der Waals surface area contributed by atoms with Crippen molar-refractivity contribution in [3.63, 3.8) is 0 Å². The highest BCUT2D eigenvalue weighted by Crippen LogP contribution is 2.38. The molecule has 3 aromatic carbocycles. The summed E-state index contributed by atoms with van der Waals surface area (Å²) >= 11 is 0.